The summed E-state index contributed by atoms with van der Waals surface area (Å²) in [4.78, 5) is 20.8. The number of hydrogen-bond donors (Lipinski definition) is 1. The average Bonchev–Trinajstić information content (AvgIpc) is 2.75. The minimum atomic E-state index is -0.210. The SMILES string of the molecule is Cc1cc(NC(=O)C=Cc2cccc3cccnc23)ccc1Oc1cccnc1. The molecule has 0 aliphatic heterocycles. The smallest absolute Gasteiger partial charge is 0.248 e. The maximum absolute atomic E-state index is 12.4. The number of benzene rings is 2. The zero-order valence-corrected chi connectivity index (χ0v) is 15.9. The van der Waals surface area contributed by atoms with Gasteiger partial charge in [0.1, 0.15) is 11.5 Å². The fourth-order valence-electron chi connectivity index (χ4n) is 2.99. The van der Waals surface area contributed by atoms with Crippen LogP contribution in [-0.2, 0) is 4.79 Å². The summed E-state index contributed by atoms with van der Waals surface area (Å²) >= 11 is 0. The quantitative estimate of drug-likeness (QED) is 0.471. The van der Waals surface area contributed by atoms with Crippen LogP contribution in [0.4, 0.5) is 5.69 Å². The Morgan fingerprint density at radius 2 is 1.90 bits per heavy atom. The molecule has 4 aromatic rings. The zero-order valence-electron chi connectivity index (χ0n) is 15.9. The Morgan fingerprint density at radius 1 is 1.03 bits per heavy atom. The van der Waals surface area contributed by atoms with Gasteiger partial charge in [-0.1, -0.05) is 24.3 Å². The van der Waals surface area contributed by atoms with Gasteiger partial charge in [0.2, 0.25) is 5.91 Å². The second-order valence-corrected chi connectivity index (χ2v) is 6.52. The molecule has 142 valence electrons. The van der Waals surface area contributed by atoms with Crippen molar-refractivity contribution < 1.29 is 9.53 Å². The first-order valence-electron chi connectivity index (χ1n) is 9.20. The molecule has 0 spiro atoms. The summed E-state index contributed by atoms with van der Waals surface area (Å²) in [7, 11) is 0. The lowest BCUT2D eigenvalue weighted by molar-refractivity contribution is -0.111. The van der Waals surface area contributed by atoms with E-state index in [2.05, 4.69) is 15.3 Å². The summed E-state index contributed by atoms with van der Waals surface area (Å²) < 4.78 is 5.82. The molecule has 2 aromatic carbocycles. The Hall–Kier alpha value is -3.99. The van der Waals surface area contributed by atoms with Crippen LogP contribution in [0.25, 0.3) is 17.0 Å². The van der Waals surface area contributed by atoms with Crippen molar-refractivity contribution in [3.63, 3.8) is 0 Å². The minimum Gasteiger partial charge on any atom is -0.455 e. The van der Waals surface area contributed by atoms with Crippen LogP contribution in [0, 0.1) is 6.92 Å². The van der Waals surface area contributed by atoms with E-state index >= 15 is 0 Å². The standard InChI is InChI=1S/C24H19N3O2/c1-17-15-20(10-11-22(17)29-21-8-4-13-25-16-21)27-23(28)12-9-19-6-2-5-18-7-3-14-26-24(18)19/h2-16H,1H3,(H,27,28). The molecule has 5 nitrogen and oxygen atoms in total. The van der Waals surface area contributed by atoms with Gasteiger partial charge in [-0.25, -0.2) is 0 Å². The molecule has 0 aliphatic carbocycles. The third-order valence-corrected chi connectivity index (χ3v) is 4.38. The summed E-state index contributed by atoms with van der Waals surface area (Å²) in [5.41, 5.74) is 3.38. The molecule has 0 bridgehead atoms. The molecule has 4 rings (SSSR count). The highest BCUT2D eigenvalue weighted by Gasteiger charge is 2.05. The Labute approximate surface area is 168 Å². The third kappa shape index (κ3) is 4.47. The molecule has 2 heterocycles. The van der Waals surface area contributed by atoms with Gasteiger partial charge in [-0.3, -0.25) is 14.8 Å². The van der Waals surface area contributed by atoms with Crippen LogP contribution in [0.2, 0.25) is 0 Å². The van der Waals surface area contributed by atoms with Crippen LogP contribution in [0.15, 0.2) is 85.3 Å². The Morgan fingerprint density at radius 3 is 2.72 bits per heavy atom. The number of ether oxygens (including phenoxy) is 1. The van der Waals surface area contributed by atoms with Crippen molar-refractivity contribution in [1.29, 1.82) is 0 Å². The number of carbonyl (C=O) groups excluding carboxylic acids is 1. The summed E-state index contributed by atoms with van der Waals surface area (Å²) in [6.07, 6.45) is 8.39. The number of anilines is 1. The number of aromatic nitrogens is 2. The van der Waals surface area contributed by atoms with Gasteiger partial charge in [-0.15, -0.1) is 0 Å². The largest absolute Gasteiger partial charge is 0.455 e. The molecule has 0 fully saturated rings. The first-order chi connectivity index (χ1) is 14.2. The molecular formula is C24H19N3O2. The number of hydrogen-bond acceptors (Lipinski definition) is 4. The van der Waals surface area contributed by atoms with Crippen molar-refractivity contribution in [1.82, 2.24) is 9.97 Å². The van der Waals surface area contributed by atoms with E-state index in [1.807, 2.05) is 67.6 Å². The van der Waals surface area contributed by atoms with Gasteiger partial charge in [0, 0.05) is 35.1 Å². The van der Waals surface area contributed by atoms with Crippen molar-refractivity contribution in [2.24, 2.45) is 0 Å². The van der Waals surface area contributed by atoms with E-state index < -0.39 is 0 Å². The third-order valence-electron chi connectivity index (χ3n) is 4.38. The maximum atomic E-state index is 12.4. The summed E-state index contributed by atoms with van der Waals surface area (Å²) in [5, 5.41) is 3.92. The van der Waals surface area contributed by atoms with Crippen molar-refractivity contribution in [2.75, 3.05) is 5.32 Å². The maximum Gasteiger partial charge on any atom is 0.248 e. The van der Waals surface area contributed by atoms with Gasteiger partial charge < -0.3 is 10.1 Å². The normalized spacial score (nSPS) is 10.9. The van der Waals surface area contributed by atoms with E-state index in [1.165, 1.54) is 6.08 Å². The number of nitrogens with zero attached hydrogens (tertiary/aromatic N) is 2. The molecule has 0 radical (unpaired) electrons. The second kappa shape index (κ2) is 8.35. The molecule has 5 heteroatoms. The van der Waals surface area contributed by atoms with E-state index in [0.29, 0.717) is 17.2 Å². The lowest BCUT2D eigenvalue weighted by Gasteiger charge is -2.10. The fourth-order valence-corrected chi connectivity index (χ4v) is 2.99. The van der Waals surface area contributed by atoms with Crippen molar-refractivity contribution in [2.45, 2.75) is 6.92 Å². The van der Waals surface area contributed by atoms with E-state index in [1.54, 1.807) is 24.7 Å². The number of amides is 1. The van der Waals surface area contributed by atoms with E-state index in [-0.39, 0.29) is 5.91 Å². The number of fused-ring (bicyclic) bond motifs is 1. The zero-order chi connectivity index (χ0) is 20.1. The van der Waals surface area contributed by atoms with Gasteiger partial charge in [0.25, 0.3) is 0 Å². The number of pyridine rings is 2. The molecule has 0 unspecified atom stereocenters. The first-order valence-corrected chi connectivity index (χ1v) is 9.20. The Kier molecular flexibility index (Phi) is 5.29. The van der Waals surface area contributed by atoms with E-state index in [4.69, 9.17) is 4.74 Å². The second-order valence-electron chi connectivity index (χ2n) is 6.52. The van der Waals surface area contributed by atoms with Crippen molar-refractivity contribution in [3.05, 3.63) is 96.5 Å². The molecule has 29 heavy (non-hydrogen) atoms. The molecule has 0 atom stereocenters. The minimum absolute atomic E-state index is 0.210. The number of nitrogens with one attached hydrogen (secondary N) is 1. The van der Waals surface area contributed by atoms with Gasteiger partial charge in [0.15, 0.2) is 0 Å². The highest BCUT2D eigenvalue weighted by molar-refractivity contribution is 6.03. The first kappa shape index (κ1) is 18.4. The predicted octanol–water partition coefficient (Wildman–Crippen LogP) is 5.38. The van der Waals surface area contributed by atoms with Crippen molar-refractivity contribution >= 4 is 28.6 Å². The topological polar surface area (TPSA) is 64.1 Å². The molecule has 0 aliphatic rings. The van der Waals surface area contributed by atoms with Gasteiger partial charge in [0.05, 0.1) is 11.7 Å². The van der Waals surface area contributed by atoms with E-state index in [9.17, 15) is 4.79 Å². The number of rotatable bonds is 5. The molecule has 0 saturated heterocycles. The summed E-state index contributed by atoms with van der Waals surface area (Å²) in [6.45, 7) is 1.93. The van der Waals surface area contributed by atoms with Gasteiger partial charge >= 0.3 is 0 Å². The monoisotopic (exact) mass is 381 g/mol. The van der Waals surface area contributed by atoms with Crippen LogP contribution in [0.3, 0.4) is 0 Å². The summed E-state index contributed by atoms with van der Waals surface area (Å²) in [5.74, 6) is 1.17. The van der Waals surface area contributed by atoms with Crippen LogP contribution in [0.5, 0.6) is 11.5 Å². The van der Waals surface area contributed by atoms with Gasteiger partial charge in [-0.05, 0) is 55.0 Å². The summed E-state index contributed by atoms with van der Waals surface area (Å²) in [6, 6.07) is 18.9. The molecule has 1 amide bonds. The molecule has 0 saturated carbocycles. The Bertz CT molecular complexity index is 1180. The van der Waals surface area contributed by atoms with Crippen molar-refractivity contribution in [3.8, 4) is 11.5 Å². The molecule has 2 aromatic heterocycles. The number of para-hydroxylation sites is 1. The van der Waals surface area contributed by atoms with Crippen LogP contribution < -0.4 is 10.1 Å². The molecular weight excluding hydrogens is 362 g/mol. The average molecular weight is 381 g/mol. The van der Waals surface area contributed by atoms with Crippen LogP contribution >= 0.6 is 0 Å². The van der Waals surface area contributed by atoms with E-state index in [0.717, 1.165) is 22.0 Å². The highest BCUT2D eigenvalue weighted by Crippen LogP contribution is 2.27. The number of aryl methyl sites for hydroxylation is 1. The Balaban J connectivity index is 1.45. The predicted molar refractivity (Wildman–Crippen MR) is 115 cm³/mol. The van der Waals surface area contributed by atoms with Crippen LogP contribution in [0.1, 0.15) is 11.1 Å². The highest BCUT2D eigenvalue weighted by atomic mass is 16.5. The van der Waals surface area contributed by atoms with Crippen LogP contribution in [-0.4, -0.2) is 15.9 Å². The molecule has 1 N–H and O–H groups in total. The lowest BCUT2D eigenvalue weighted by atomic mass is 10.1. The lowest BCUT2D eigenvalue weighted by Crippen LogP contribution is -2.08. The fraction of sp³-hybridized carbons (Fsp3) is 0.0417. The van der Waals surface area contributed by atoms with Gasteiger partial charge in [-0.2, -0.15) is 0 Å². The number of carbonyl (C=O) groups is 1.